The number of quaternary nitrogens is 1. The standard InChI is InChI=1S/C52H102NO8P/c1-6-8-10-12-14-16-18-20-21-22-23-24-25-26-27-28-29-30-31-33-35-37-39-41-43-45-52(55)61-50(49-60-62(56,57)59-47-46-53(3,4)5)48-58-51(54)44-42-40-38-36-34-32-19-17-15-13-11-9-7-2/h22-23,50H,6-21,24-49H2,1-5H3/p+1/b23-22-. The molecule has 0 spiro atoms. The van der Waals surface area contributed by atoms with Crippen LogP contribution >= 0.6 is 7.82 Å². The molecule has 0 aromatic rings. The van der Waals surface area contributed by atoms with Crippen LogP contribution in [0.1, 0.15) is 258 Å². The molecule has 0 aromatic carbocycles. The number of allylic oxidation sites excluding steroid dienone is 2. The molecule has 9 nitrogen and oxygen atoms in total. The highest BCUT2D eigenvalue weighted by Crippen LogP contribution is 2.43. The van der Waals surface area contributed by atoms with Gasteiger partial charge in [0.2, 0.25) is 0 Å². The molecule has 2 unspecified atom stereocenters. The lowest BCUT2D eigenvalue weighted by molar-refractivity contribution is -0.870. The predicted molar refractivity (Wildman–Crippen MR) is 261 cm³/mol. The molecule has 1 N–H and O–H groups in total. The number of phosphoric acid groups is 1. The molecule has 0 aliphatic rings. The zero-order valence-corrected chi connectivity index (χ0v) is 42.5. The summed E-state index contributed by atoms with van der Waals surface area (Å²) in [5.41, 5.74) is 0. The number of rotatable bonds is 49. The van der Waals surface area contributed by atoms with Crippen LogP contribution in [-0.2, 0) is 32.7 Å². The van der Waals surface area contributed by atoms with Crippen molar-refractivity contribution in [1.29, 1.82) is 0 Å². The van der Waals surface area contributed by atoms with Crippen LogP contribution in [0.4, 0.5) is 0 Å². The van der Waals surface area contributed by atoms with E-state index in [1.807, 2.05) is 21.1 Å². The summed E-state index contributed by atoms with van der Waals surface area (Å²) < 4.78 is 34.5. The number of carbonyl (C=O) groups is 2. The van der Waals surface area contributed by atoms with Gasteiger partial charge in [0.25, 0.3) is 0 Å². The number of carbonyl (C=O) groups excluding carboxylic acids is 2. The van der Waals surface area contributed by atoms with Crippen LogP contribution in [-0.4, -0.2) is 74.9 Å². The van der Waals surface area contributed by atoms with E-state index in [-0.39, 0.29) is 25.6 Å². The first kappa shape index (κ1) is 60.8. The van der Waals surface area contributed by atoms with Crippen molar-refractivity contribution < 1.29 is 42.1 Å². The Kier molecular flexibility index (Phi) is 44.0. The van der Waals surface area contributed by atoms with E-state index in [4.69, 9.17) is 18.5 Å². The van der Waals surface area contributed by atoms with Crippen molar-refractivity contribution >= 4 is 19.8 Å². The maximum absolute atomic E-state index is 12.8. The Morgan fingerprint density at radius 1 is 0.484 bits per heavy atom. The van der Waals surface area contributed by atoms with Crippen molar-refractivity contribution in [3.8, 4) is 0 Å². The zero-order valence-electron chi connectivity index (χ0n) is 41.6. The molecule has 0 fully saturated rings. The Bertz CT molecular complexity index is 1060. The third kappa shape index (κ3) is 48.2. The zero-order chi connectivity index (χ0) is 45.7. The highest BCUT2D eigenvalue weighted by Gasteiger charge is 2.27. The third-order valence-electron chi connectivity index (χ3n) is 11.8. The van der Waals surface area contributed by atoms with Crippen molar-refractivity contribution in [1.82, 2.24) is 0 Å². The number of hydrogen-bond donors (Lipinski definition) is 1. The van der Waals surface area contributed by atoms with Crippen LogP contribution in [0.15, 0.2) is 12.2 Å². The van der Waals surface area contributed by atoms with E-state index in [0.717, 1.165) is 32.1 Å². The monoisotopic (exact) mass is 901 g/mol. The summed E-state index contributed by atoms with van der Waals surface area (Å²) in [4.78, 5) is 35.5. The number of ether oxygens (including phenoxy) is 2. The molecule has 2 atom stereocenters. The second-order valence-electron chi connectivity index (χ2n) is 19.3. The van der Waals surface area contributed by atoms with E-state index >= 15 is 0 Å². The highest BCUT2D eigenvalue weighted by atomic mass is 31.2. The molecular weight excluding hydrogens is 798 g/mol. The van der Waals surface area contributed by atoms with E-state index in [1.54, 1.807) is 0 Å². The van der Waals surface area contributed by atoms with Gasteiger partial charge in [-0.2, -0.15) is 0 Å². The fraction of sp³-hybridized carbons (Fsp3) is 0.923. The van der Waals surface area contributed by atoms with E-state index in [2.05, 4.69) is 26.0 Å². The Morgan fingerprint density at radius 3 is 1.19 bits per heavy atom. The number of phosphoric ester groups is 1. The van der Waals surface area contributed by atoms with E-state index in [0.29, 0.717) is 23.9 Å². The largest absolute Gasteiger partial charge is 0.472 e. The van der Waals surface area contributed by atoms with Gasteiger partial charge in [0.15, 0.2) is 6.10 Å². The molecule has 0 amide bonds. The topological polar surface area (TPSA) is 108 Å². The highest BCUT2D eigenvalue weighted by molar-refractivity contribution is 7.47. The minimum absolute atomic E-state index is 0.0355. The summed E-state index contributed by atoms with van der Waals surface area (Å²) in [6, 6.07) is 0. The first-order valence-corrected chi connectivity index (χ1v) is 27.9. The van der Waals surface area contributed by atoms with E-state index in [1.165, 1.54) is 193 Å². The number of nitrogens with zero attached hydrogens (tertiary/aromatic N) is 1. The lowest BCUT2D eigenvalue weighted by atomic mass is 10.0. The molecule has 0 heterocycles. The summed E-state index contributed by atoms with van der Waals surface area (Å²) in [6.07, 6.45) is 49.8. The van der Waals surface area contributed by atoms with Crippen LogP contribution in [0.25, 0.3) is 0 Å². The maximum Gasteiger partial charge on any atom is 0.472 e. The summed E-state index contributed by atoms with van der Waals surface area (Å²) in [5, 5.41) is 0. The molecular formula is C52H103NO8P+. The summed E-state index contributed by atoms with van der Waals surface area (Å²) >= 11 is 0. The minimum Gasteiger partial charge on any atom is -0.462 e. The molecule has 10 heteroatoms. The minimum atomic E-state index is -4.37. The van der Waals surface area contributed by atoms with E-state index < -0.39 is 26.5 Å². The lowest BCUT2D eigenvalue weighted by Gasteiger charge is -2.24. The third-order valence-corrected chi connectivity index (χ3v) is 12.8. The molecule has 0 saturated heterocycles. The number of hydrogen-bond acceptors (Lipinski definition) is 7. The van der Waals surface area contributed by atoms with Gasteiger partial charge in [0, 0.05) is 12.8 Å². The van der Waals surface area contributed by atoms with Crippen molar-refractivity contribution in [3.63, 3.8) is 0 Å². The average molecular weight is 901 g/mol. The molecule has 0 aromatic heterocycles. The van der Waals surface area contributed by atoms with Gasteiger partial charge in [-0.1, -0.05) is 219 Å². The Hall–Kier alpha value is -1.25. The normalized spacial score (nSPS) is 13.5. The molecule has 0 aliphatic heterocycles. The van der Waals surface area contributed by atoms with Gasteiger partial charge in [-0.25, -0.2) is 4.57 Å². The average Bonchev–Trinajstić information content (AvgIpc) is 3.23. The van der Waals surface area contributed by atoms with E-state index in [9.17, 15) is 19.0 Å². The van der Waals surface area contributed by atoms with Gasteiger partial charge in [-0.15, -0.1) is 0 Å². The molecule has 0 rings (SSSR count). The van der Waals surface area contributed by atoms with Gasteiger partial charge in [0.1, 0.15) is 19.8 Å². The van der Waals surface area contributed by atoms with Crippen LogP contribution in [0.2, 0.25) is 0 Å². The molecule has 0 radical (unpaired) electrons. The second-order valence-corrected chi connectivity index (χ2v) is 20.7. The van der Waals surface area contributed by atoms with Gasteiger partial charge >= 0.3 is 19.8 Å². The van der Waals surface area contributed by atoms with Crippen molar-refractivity contribution in [2.45, 2.75) is 264 Å². The van der Waals surface area contributed by atoms with Gasteiger partial charge in [-0.05, 0) is 38.5 Å². The summed E-state index contributed by atoms with van der Waals surface area (Å²) in [6.45, 7) is 4.47. The molecule has 0 saturated carbocycles. The summed E-state index contributed by atoms with van der Waals surface area (Å²) in [5.74, 6) is -0.783. The molecule has 62 heavy (non-hydrogen) atoms. The maximum atomic E-state index is 12.8. The molecule has 0 aliphatic carbocycles. The number of esters is 2. The first-order valence-electron chi connectivity index (χ1n) is 26.4. The van der Waals surface area contributed by atoms with Crippen LogP contribution in [0.3, 0.4) is 0 Å². The fourth-order valence-corrected chi connectivity index (χ4v) is 8.40. The lowest BCUT2D eigenvalue weighted by Crippen LogP contribution is -2.37. The fourth-order valence-electron chi connectivity index (χ4n) is 7.66. The summed E-state index contributed by atoms with van der Waals surface area (Å²) in [7, 11) is 1.49. The smallest absolute Gasteiger partial charge is 0.462 e. The van der Waals surface area contributed by atoms with Crippen LogP contribution < -0.4 is 0 Å². The predicted octanol–water partition coefficient (Wildman–Crippen LogP) is 15.7. The van der Waals surface area contributed by atoms with Crippen molar-refractivity contribution in [2.75, 3.05) is 47.5 Å². The van der Waals surface area contributed by atoms with Gasteiger partial charge in [-0.3, -0.25) is 18.6 Å². The van der Waals surface area contributed by atoms with Crippen LogP contribution in [0.5, 0.6) is 0 Å². The second kappa shape index (κ2) is 44.9. The van der Waals surface area contributed by atoms with Crippen molar-refractivity contribution in [3.05, 3.63) is 12.2 Å². The van der Waals surface area contributed by atoms with Crippen molar-refractivity contribution in [2.24, 2.45) is 0 Å². The molecule has 0 bridgehead atoms. The molecule has 368 valence electrons. The Morgan fingerprint density at radius 2 is 0.823 bits per heavy atom. The first-order chi connectivity index (χ1) is 30.0. The quantitative estimate of drug-likeness (QED) is 0.0211. The Balaban J connectivity index is 4.13. The van der Waals surface area contributed by atoms with Gasteiger partial charge in [0.05, 0.1) is 27.7 Å². The Labute approximate surface area is 384 Å². The SMILES string of the molecule is CCCCCCCCCC/C=C\CCCCCCCCCCCCCCCC(=O)OC(COC(=O)CCCCCCCCCCCCCCC)COP(=O)(O)OCC[N+](C)(C)C. The van der Waals surface area contributed by atoms with Gasteiger partial charge < -0.3 is 18.9 Å². The number of unbranched alkanes of at least 4 members (excludes halogenated alkanes) is 33. The number of likely N-dealkylation sites (N-methyl/N-ethyl adjacent to an activating group) is 1. The van der Waals surface area contributed by atoms with Crippen LogP contribution in [0, 0.1) is 0 Å².